The number of hydrogen-bond acceptors (Lipinski definition) is 10. The molecule has 0 spiro atoms. The Balaban J connectivity index is 2.23. The first-order valence-electron chi connectivity index (χ1n) is 9.62. The van der Waals surface area contributed by atoms with Crippen molar-refractivity contribution in [3.8, 4) is 5.75 Å². The van der Waals surface area contributed by atoms with E-state index >= 15 is 0 Å². The summed E-state index contributed by atoms with van der Waals surface area (Å²) in [5.41, 5.74) is -0.430. The van der Waals surface area contributed by atoms with Crippen molar-refractivity contribution in [2.24, 2.45) is 11.0 Å². The maximum atomic E-state index is 12.5. The minimum atomic E-state index is -2.15. The van der Waals surface area contributed by atoms with Gasteiger partial charge in [-0.1, -0.05) is 28.4 Å². The molecule has 0 radical (unpaired) electrons. The molecule has 1 aliphatic rings. The molecule has 0 aromatic heterocycles. The SMILES string of the molecule is NN[C@@H](C(=O)O)[C@H](N=O)[C@@]1(C(=O)O)CC[C@H](C[C@H](NC(=O)c2cc(Cl)c(O)c(Cl)c2)C(=O)O)N1. The van der Waals surface area contributed by atoms with Crippen molar-refractivity contribution in [2.45, 2.75) is 49.0 Å². The number of nitrogens with zero attached hydrogens (tertiary/aromatic N) is 1. The van der Waals surface area contributed by atoms with Crippen LogP contribution < -0.4 is 21.9 Å². The predicted octanol–water partition coefficient (Wildman–Crippen LogP) is -0.101. The van der Waals surface area contributed by atoms with Crippen LogP contribution in [-0.2, 0) is 14.4 Å². The Morgan fingerprint density at radius 3 is 2.21 bits per heavy atom. The van der Waals surface area contributed by atoms with E-state index in [0.29, 0.717) is 0 Å². The van der Waals surface area contributed by atoms with Gasteiger partial charge in [-0.05, 0) is 31.4 Å². The van der Waals surface area contributed by atoms with Crippen LogP contribution in [0.5, 0.6) is 5.75 Å². The lowest BCUT2D eigenvalue weighted by atomic mass is 9.84. The number of halogens is 2. The molecule has 1 saturated heterocycles. The van der Waals surface area contributed by atoms with Crippen molar-refractivity contribution in [1.82, 2.24) is 16.1 Å². The number of hydrazine groups is 1. The number of carbonyl (C=O) groups excluding carboxylic acids is 1. The average molecular weight is 522 g/mol. The van der Waals surface area contributed by atoms with Gasteiger partial charge in [-0.15, -0.1) is 0 Å². The quantitative estimate of drug-likeness (QED) is 0.108. The lowest BCUT2D eigenvalue weighted by molar-refractivity contribution is -0.147. The predicted molar refractivity (Wildman–Crippen MR) is 116 cm³/mol. The summed E-state index contributed by atoms with van der Waals surface area (Å²) in [5, 5.41) is 45.2. The van der Waals surface area contributed by atoms with E-state index < -0.39 is 59.3 Å². The molecule has 0 bridgehead atoms. The summed E-state index contributed by atoms with van der Waals surface area (Å²) >= 11 is 11.6. The third-order valence-electron chi connectivity index (χ3n) is 5.51. The molecule has 14 nitrogen and oxygen atoms in total. The number of aliphatic carboxylic acids is 3. The van der Waals surface area contributed by atoms with E-state index in [9.17, 15) is 44.5 Å². The van der Waals surface area contributed by atoms with Crippen LogP contribution in [0.15, 0.2) is 17.3 Å². The molecule has 0 unspecified atom stereocenters. The maximum absolute atomic E-state index is 12.5. The Labute approximate surface area is 201 Å². The molecule has 34 heavy (non-hydrogen) atoms. The Hall–Kier alpha value is -3.04. The van der Waals surface area contributed by atoms with Crippen LogP contribution in [-0.4, -0.2) is 73.9 Å². The first kappa shape index (κ1) is 27.2. The molecule has 1 amide bonds. The van der Waals surface area contributed by atoms with Crippen molar-refractivity contribution in [2.75, 3.05) is 0 Å². The van der Waals surface area contributed by atoms with E-state index in [2.05, 4.69) is 15.8 Å². The Bertz CT molecular complexity index is 987. The molecule has 1 aliphatic heterocycles. The van der Waals surface area contributed by atoms with Gasteiger partial charge in [-0.3, -0.25) is 25.5 Å². The van der Waals surface area contributed by atoms with E-state index in [0.717, 1.165) is 12.1 Å². The van der Waals surface area contributed by atoms with E-state index in [1.54, 1.807) is 0 Å². The first-order chi connectivity index (χ1) is 15.9. The Kier molecular flexibility index (Phi) is 8.74. The third-order valence-corrected chi connectivity index (χ3v) is 6.09. The summed E-state index contributed by atoms with van der Waals surface area (Å²) in [6, 6.07) is -3.94. The lowest BCUT2D eigenvalue weighted by Gasteiger charge is -2.33. The fourth-order valence-electron chi connectivity index (χ4n) is 3.79. The van der Waals surface area contributed by atoms with Crippen molar-refractivity contribution in [3.63, 3.8) is 0 Å². The zero-order chi connectivity index (χ0) is 25.8. The second-order valence-electron chi connectivity index (χ2n) is 7.58. The normalized spacial score (nSPS) is 22.4. The second-order valence-corrected chi connectivity index (χ2v) is 8.39. The van der Waals surface area contributed by atoms with Crippen LogP contribution in [0, 0.1) is 4.91 Å². The highest BCUT2D eigenvalue weighted by Gasteiger charge is 2.56. The Morgan fingerprint density at radius 1 is 1.18 bits per heavy atom. The number of carboxylic acids is 3. The van der Waals surface area contributed by atoms with Crippen LogP contribution in [0.2, 0.25) is 10.0 Å². The molecule has 186 valence electrons. The number of phenols is 1. The number of carboxylic acid groups (broad SMARTS) is 3. The minimum absolute atomic E-state index is 0.0196. The molecule has 1 aromatic rings. The van der Waals surface area contributed by atoms with Crippen LogP contribution in [0.25, 0.3) is 0 Å². The summed E-state index contributed by atoms with van der Waals surface area (Å²) in [5.74, 6) is -0.819. The van der Waals surface area contributed by atoms with Crippen LogP contribution in [0.1, 0.15) is 29.6 Å². The van der Waals surface area contributed by atoms with Crippen molar-refractivity contribution >= 4 is 47.0 Å². The fraction of sp³-hybridized carbons (Fsp3) is 0.444. The van der Waals surface area contributed by atoms with Gasteiger partial charge in [0.25, 0.3) is 5.91 Å². The molecule has 1 aromatic carbocycles. The molecule has 1 fully saturated rings. The number of phenolic OH excluding ortho intramolecular Hbond substituents is 1. The monoisotopic (exact) mass is 521 g/mol. The lowest BCUT2D eigenvalue weighted by Crippen LogP contribution is -2.66. The number of aromatic hydroxyl groups is 1. The van der Waals surface area contributed by atoms with Crippen LogP contribution in [0.4, 0.5) is 0 Å². The highest BCUT2D eigenvalue weighted by molar-refractivity contribution is 6.37. The fourth-order valence-corrected chi connectivity index (χ4v) is 4.28. The van der Waals surface area contributed by atoms with E-state index in [1.807, 2.05) is 5.43 Å². The molecule has 2 rings (SSSR count). The van der Waals surface area contributed by atoms with Gasteiger partial charge in [0, 0.05) is 11.6 Å². The van der Waals surface area contributed by atoms with Gasteiger partial charge in [-0.25, -0.2) is 10.2 Å². The molecule has 9 N–H and O–H groups in total. The number of benzene rings is 1. The second kappa shape index (κ2) is 10.9. The molecule has 0 saturated carbocycles. The smallest absolute Gasteiger partial charge is 0.326 e. The minimum Gasteiger partial charge on any atom is -0.505 e. The van der Waals surface area contributed by atoms with Gasteiger partial charge in [-0.2, -0.15) is 4.91 Å². The summed E-state index contributed by atoms with van der Waals surface area (Å²) in [4.78, 5) is 59.1. The molecular formula is C18H21Cl2N5O9. The summed E-state index contributed by atoms with van der Waals surface area (Å²) in [7, 11) is 0. The van der Waals surface area contributed by atoms with Gasteiger partial charge in [0.1, 0.15) is 23.7 Å². The number of nitroso groups, excluding NO2 is 1. The Morgan fingerprint density at radius 2 is 1.76 bits per heavy atom. The highest BCUT2D eigenvalue weighted by atomic mass is 35.5. The van der Waals surface area contributed by atoms with Crippen molar-refractivity contribution in [1.29, 1.82) is 0 Å². The number of amides is 1. The molecule has 0 aliphatic carbocycles. The molecule has 1 heterocycles. The standard InChI is InChI=1S/C18H21Cl2N5O9/c19-8-3-6(4-9(20)12(8)26)14(27)22-10(15(28)29)5-7-1-2-18(23-7,17(32)33)13(25-34)11(24-21)16(30)31/h3-4,7,10-11,13,23-24,26H,1-2,5,21H2,(H,22,27)(H,28,29)(H,30,31)(H,32,33)/t7-,10+,11-,13+,18-/m1/s1. The van der Waals surface area contributed by atoms with Gasteiger partial charge in [0.2, 0.25) is 0 Å². The number of carbonyl (C=O) groups is 4. The number of nitrogens with two attached hydrogens (primary N) is 1. The molecule has 16 heteroatoms. The van der Waals surface area contributed by atoms with Crippen LogP contribution >= 0.6 is 23.2 Å². The zero-order valence-corrected chi connectivity index (χ0v) is 18.7. The molecular weight excluding hydrogens is 501 g/mol. The van der Waals surface area contributed by atoms with Crippen molar-refractivity contribution < 1.29 is 39.6 Å². The maximum Gasteiger partial charge on any atom is 0.326 e. The molecule has 5 atom stereocenters. The van der Waals surface area contributed by atoms with Crippen molar-refractivity contribution in [3.05, 3.63) is 32.6 Å². The van der Waals surface area contributed by atoms with Gasteiger partial charge in [0.05, 0.1) is 10.0 Å². The van der Waals surface area contributed by atoms with Crippen LogP contribution in [0.3, 0.4) is 0 Å². The summed E-state index contributed by atoms with van der Waals surface area (Å²) < 4.78 is 0. The topological polar surface area (TPSA) is 241 Å². The highest BCUT2D eigenvalue weighted by Crippen LogP contribution is 2.34. The summed E-state index contributed by atoms with van der Waals surface area (Å²) in [6.07, 6.45) is -0.570. The zero-order valence-electron chi connectivity index (χ0n) is 17.2. The van der Waals surface area contributed by atoms with Gasteiger partial charge < -0.3 is 25.7 Å². The average Bonchev–Trinajstić information content (AvgIpc) is 3.19. The van der Waals surface area contributed by atoms with E-state index in [-0.39, 0.29) is 34.9 Å². The third kappa shape index (κ3) is 5.53. The largest absolute Gasteiger partial charge is 0.505 e. The van der Waals surface area contributed by atoms with E-state index in [4.69, 9.17) is 29.0 Å². The number of rotatable bonds is 11. The first-order valence-corrected chi connectivity index (χ1v) is 10.4. The summed E-state index contributed by atoms with van der Waals surface area (Å²) in [6.45, 7) is 0. The number of hydrogen-bond donors (Lipinski definition) is 8. The van der Waals surface area contributed by atoms with E-state index in [1.165, 1.54) is 0 Å². The number of nitrogens with one attached hydrogen (secondary N) is 3. The van der Waals surface area contributed by atoms with Gasteiger partial charge in [0.15, 0.2) is 5.75 Å². The van der Waals surface area contributed by atoms with Gasteiger partial charge >= 0.3 is 17.9 Å².